The minimum absolute atomic E-state index is 0.170. The molecule has 0 amide bonds. The summed E-state index contributed by atoms with van der Waals surface area (Å²) < 4.78 is 0. The van der Waals surface area contributed by atoms with E-state index in [1.54, 1.807) is 0 Å². The molecule has 0 fully saturated rings. The van der Waals surface area contributed by atoms with Crippen LogP contribution in [0.5, 0.6) is 0 Å². The standard InChI is InChI=1S/C16H28O4/c1-2-3-4-5-6-8-11-14(16(19)20)12-9-7-10-13-15(17)18/h11H,2-10,12-13H2,1H3,(H,17,18)(H,19,20). The summed E-state index contributed by atoms with van der Waals surface area (Å²) in [4.78, 5) is 21.4. The third-order valence-electron chi connectivity index (χ3n) is 3.31. The summed E-state index contributed by atoms with van der Waals surface area (Å²) in [5.41, 5.74) is 0.482. The van der Waals surface area contributed by atoms with Gasteiger partial charge in [0, 0.05) is 12.0 Å². The predicted molar refractivity (Wildman–Crippen MR) is 79.8 cm³/mol. The Morgan fingerprint density at radius 2 is 1.45 bits per heavy atom. The monoisotopic (exact) mass is 284 g/mol. The SMILES string of the molecule is CCCCCCCC=C(CCCCCC(=O)O)C(=O)O. The van der Waals surface area contributed by atoms with Gasteiger partial charge in [0.25, 0.3) is 0 Å². The number of allylic oxidation sites excluding steroid dienone is 1. The van der Waals surface area contributed by atoms with Gasteiger partial charge in [-0.3, -0.25) is 4.79 Å². The van der Waals surface area contributed by atoms with Gasteiger partial charge in [-0.2, -0.15) is 0 Å². The Morgan fingerprint density at radius 1 is 0.850 bits per heavy atom. The van der Waals surface area contributed by atoms with Gasteiger partial charge in [0.1, 0.15) is 0 Å². The van der Waals surface area contributed by atoms with Crippen molar-refractivity contribution in [1.29, 1.82) is 0 Å². The molecule has 0 heterocycles. The third-order valence-corrected chi connectivity index (χ3v) is 3.31. The molecule has 0 aromatic carbocycles. The van der Waals surface area contributed by atoms with E-state index in [4.69, 9.17) is 10.2 Å². The van der Waals surface area contributed by atoms with Crippen molar-refractivity contribution in [3.05, 3.63) is 11.6 Å². The first-order valence-electron chi connectivity index (χ1n) is 7.72. The number of unbranched alkanes of at least 4 members (excludes halogenated alkanes) is 7. The van der Waals surface area contributed by atoms with Crippen LogP contribution in [0.3, 0.4) is 0 Å². The first-order chi connectivity index (χ1) is 9.57. The van der Waals surface area contributed by atoms with Gasteiger partial charge in [-0.1, -0.05) is 45.1 Å². The number of carboxylic acids is 2. The lowest BCUT2D eigenvalue weighted by Crippen LogP contribution is -2.01. The summed E-state index contributed by atoms with van der Waals surface area (Å²) in [6.07, 6.45) is 11.4. The van der Waals surface area contributed by atoms with E-state index >= 15 is 0 Å². The Labute approximate surface area is 121 Å². The van der Waals surface area contributed by atoms with E-state index in [9.17, 15) is 9.59 Å². The summed E-state index contributed by atoms with van der Waals surface area (Å²) in [5.74, 6) is -1.62. The van der Waals surface area contributed by atoms with Crippen LogP contribution in [0, 0.1) is 0 Å². The van der Waals surface area contributed by atoms with Crippen LogP contribution in [-0.2, 0) is 9.59 Å². The molecule has 0 radical (unpaired) electrons. The Morgan fingerprint density at radius 3 is 2.05 bits per heavy atom. The normalized spacial score (nSPS) is 11.6. The van der Waals surface area contributed by atoms with E-state index < -0.39 is 11.9 Å². The Bertz CT molecular complexity index is 308. The molecule has 0 spiro atoms. The van der Waals surface area contributed by atoms with Crippen molar-refractivity contribution < 1.29 is 19.8 Å². The van der Waals surface area contributed by atoms with Gasteiger partial charge in [-0.05, 0) is 32.1 Å². The number of carbonyl (C=O) groups is 2. The molecular weight excluding hydrogens is 256 g/mol. The van der Waals surface area contributed by atoms with E-state index in [2.05, 4.69) is 6.92 Å². The topological polar surface area (TPSA) is 74.6 Å². The minimum atomic E-state index is -0.836. The van der Waals surface area contributed by atoms with Crippen molar-refractivity contribution in [2.24, 2.45) is 0 Å². The smallest absolute Gasteiger partial charge is 0.331 e. The highest BCUT2D eigenvalue weighted by Crippen LogP contribution is 2.13. The molecule has 0 rings (SSSR count). The number of hydrogen-bond donors (Lipinski definition) is 2. The maximum absolute atomic E-state index is 11.1. The van der Waals surface area contributed by atoms with E-state index in [1.165, 1.54) is 19.3 Å². The second-order valence-electron chi connectivity index (χ2n) is 5.19. The molecule has 0 aromatic heterocycles. The van der Waals surface area contributed by atoms with Crippen LogP contribution in [-0.4, -0.2) is 22.2 Å². The van der Waals surface area contributed by atoms with Crippen molar-refractivity contribution in [2.45, 2.75) is 77.6 Å². The fourth-order valence-corrected chi connectivity index (χ4v) is 2.09. The molecule has 0 aliphatic rings. The summed E-state index contributed by atoms with van der Waals surface area (Å²) in [6.45, 7) is 2.17. The fraction of sp³-hybridized carbons (Fsp3) is 0.750. The Hall–Kier alpha value is -1.32. The lowest BCUT2D eigenvalue weighted by Gasteiger charge is -2.03. The number of carboxylic acid groups (broad SMARTS) is 2. The Kier molecular flexibility index (Phi) is 11.9. The van der Waals surface area contributed by atoms with Crippen LogP contribution in [0.4, 0.5) is 0 Å². The zero-order valence-electron chi connectivity index (χ0n) is 12.6. The van der Waals surface area contributed by atoms with E-state index in [1.807, 2.05) is 6.08 Å². The van der Waals surface area contributed by atoms with Crippen LogP contribution in [0.2, 0.25) is 0 Å². The van der Waals surface area contributed by atoms with Crippen LogP contribution >= 0.6 is 0 Å². The van der Waals surface area contributed by atoms with E-state index in [-0.39, 0.29) is 6.42 Å². The van der Waals surface area contributed by atoms with Gasteiger partial charge in [-0.25, -0.2) is 4.79 Å². The maximum atomic E-state index is 11.1. The molecule has 0 saturated heterocycles. The molecule has 0 aromatic rings. The van der Waals surface area contributed by atoms with Gasteiger partial charge >= 0.3 is 11.9 Å². The van der Waals surface area contributed by atoms with Crippen LogP contribution < -0.4 is 0 Å². The largest absolute Gasteiger partial charge is 0.481 e. The highest BCUT2D eigenvalue weighted by atomic mass is 16.4. The predicted octanol–water partition coefficient (Wildman–Crippen LogP) is 4.39. The maximum Gasteiger partial charge on any atom is 0.331 e. The third kappa shape index (κ3) is 11.8. The van der Waals surface area contributed by atoms with Gasteiger partial charge in [-0.15, -0.1) is 0 Å². The summed E-state index contributed by atoms with van der Waals surface area (Å²) in [7, 11) is 0. The average molecular weight is 284 g/mol. The Balaban J connectivity index is 3.79. The first-order valence-corrected chi connectivity index (χ1v) is 7.72. The molecule has 0 atom stereocenters. The van der Waals surface area contributed by atoms with Crippen molar-refractivity contribution in [3.63, 3.8) is 0 Å². The molecule has 0 aliphatic carbocycles. The molecule has 20 heavy (non-hydrogen) atoms. The molecule has 4 heteroatoms. The van der Waals surface area contributed by atoms with Crippen LogP contribution in [0.1, 0.15) is 77.6 Å². The molecule has 4 nitrogen and oxygen atoms in total. The van der Waals surface area contributed by atoms with Crippen LogP contribution in [0.15, 0.2) is 11.6 Å². The van der Waals surface area contributed by atoms with Gasteiger partial charge in [0.2, 0.25) is 0 Å². The zero-order valence-corrected chi connectivity index (χ0v) is 12.6. The van der Waals surface area contributed by atoms with Crippen LogP contribution in [0.25, 0.3) is 0 Å². The van der Waals surface area contributed by atoms with Crippen molar-refractivity contribution in [1.82, 2.24) is 0 Å². The van der Waals surface area contributed by atoms with Gasteiger partial charge in [0.15, 0.2) is 0 Å². The zero-order chi connectivity index (χ0) is 15.2. The summed E-state index contributed by atoms with van der Waals surface area (Å²) in [5, 5.41) is 17.6. The molecule has 2 N–H and O–H groups in total. The quantitative estimate of drug-likeness (QED) is 0.388. The second-order valence-corrected chi connectivity index (χ2v) is 5.19. The summed E-state index contributed by atoms with van der Waals surface area (Å²) in [6, 6.07) is 0. The van der Waals surface area contributed by atoms with E-state index in [0.29, 0.717) is 18.4 Å². The molecule has 0 saturated carbocycles. The highest BCUT2D eigenvalue weighted by Gasteiger charge is 2.06. The van der Waals surface area contributed by atoms with Crippen molar-refractivity contribution in [2.75, 3.05) is 0 Å². The lowest BCUT2D eigenvalue weighted by atomic mass is 10.0. The van der Waals surface area contributed by atoms with Gasteiger partial charge in [0.05, 0.1) is 0 Å². The molecule has 116 valence electrons. The molecule has 0 unspecified atom stereocenters. The minimum Gasteiger partial charge on any atom is -0.481 e. The highest BCUT2D eigenvalue weighted by molar-refractivity contribution is 5.86. The number of aliphatic carboxylic acids is 2. The van der Waals surface area contributed by atoms with Crippen molar-refractivity contribution >= 4 is 11.9 Å². The second kappa shape index (κ2) is 12.7. The number of rotatable bonds is 13. The lowest BCUT2D eigenvalue weighted by molar-refractivity contribution is -0.137. The molecule has 0 aliphatic heterocycles. The fourth-order valence-electron chi connectivity index (χ4n) is 2.09. The first kappa shape index (κ1) is 18.7. The summed E-state index contributed by atoms with van der Waals surface area (Å²) >= 11 is 0. The van der Waals surface area contributed by atoms with E-state index in [0.717, 1.165) is 32.1 Å². The van der Waals surface area contributed by atoms with Gasteiger partial charge < -0.3 is 10.2 Å². The number of hydrogen-bond acceptors (Lipinski definition) is 2. The molecule has 0 bridgehead atoms. The average Bonchev–Trinajstić information content (AvgIpc) is 2.39. The molecular formula is C16H28O4. The van der Waals surface area contributed by atoms with Crippen molar-refractivity contribution in [3.8, 4) is 0 Å².